The molecule has 106 valence electrons. The van der Waals surface area contributed by atoms with Crippen molar-refractivity contribution in [1.29, 1.82) is 0 Å². The SMILES string of the molecule is COCCCCOC(=O)CCOc1ccccc1N. The van der Waals surface area contributed by atoms with Crippen LogP contribution in [0, 0.1) is 0 Å². The van der Waals surface area contributed by atoms with E-state index in [2.05, 4.69) is 0 Å². The maximum Gasteiger partial charge on any atom is 0.309 e. The maximum absolute atomic E-state index is 11.4. The number of hydrogen-bond acceptors (Lipinski definition) is 5. The molecular weight excluding hydrogens is 246 g/mol. The van der Waals surface area contributed by atoms with Crippen molar-refractivity contribution in [1.82, 2.24) is 0 Å². The summed E-state index contributed by atoms with van der Waals surface area (Å²) in [6.07, 6.45) is 1.92. The van der Waals surface area contributed by atoms with E-state index in [1.165, 1.54) is 0 Å². The highest BCUT2D eigenvalue weighted by Gasteiger charge is 2.04. The third-order valence-corrected chi connectivity index (χ3v) is 2.49. The summed E-state index contributed by atoms with van der Waals surface area (Å²) in [5.41, 5.74) is 6.28. The molecule has 5 nitrogen and oxygen atoms in total. The Kier molecular flexibility index (Phi) is 7.43. The average molecular weight is 267 g/mol. The summed E-state index contributed by atoms with van der Waals surface area (Å²) < 4.78 is 15.4. The highest BCUT2D eigenvalue weighted by Crippen LogP contribution is 2.19. The van der Waals surface area contributed by atoms with E-state index in [1.54, 1.807) is 19.2 Å². The first-order chi connectivity index (χ1) is 9.24. The monoisotopic (exact) mass is 267 g/mol. The van der Waals surface area contributed by atoms with Gasteiger partial charge in [-0.25, -0.2) is 0 Å². The fourth-order valence-corrected chi connectivity index (χ4v) is 1.46. The molecule has 0 radical (unpaired) electrons. The quantitative estimate of drug-likeness (QED) is 0.421. The molecule has 0 spiro atoms. The largest absolute Gasteiger partial charge is 0.491 e. The standard InChI is InChI=1S/C14H21NO4/c1-17-9-4-5-10-19-14(16)8-11-18-13-7-3-2-6-12(13)15/h2-3,6-7H,4-5,8-11,15H2,1H3. The predicted molar refractivity (Wildman–Crippen MR) is 73.0 cm³/mol. The number of nitrogen functional groups attached to an aromatic ring is 1. The molecular formula is C14H21NO4. The number of anilines is 1. The van der Waals surface area contributed by atoms with Crippen LogP contribution in [0.1, 0.15) is 19.3 Å². The van der Waals surface area contributed by atoms with Gasteiger partial charge in [0.15, 0.2) is 0 Å². The molecule has 1 rings (SSSR count). The Morgan fingerprint density at radius 3 is 2.63 bits per heavy atom. The molecule has 0 aliphatic carbocycles. The van der Waals surface area contributed by atoms with Crippen molar-refractivity contribution < 1.29 is 19.0 Å². The normalized spacial score (nSPS) is 10.2. The van der Waals surface area contributed by atoms with Crippen molar-refractivity contribution in [3.63, 3.8) is 0 Å². The zero-order valence-electron chi connectivity index (χ0n) is 11.3. The summed E-state index contributed by atoms with van der Waals surface area (Å²) in [5, 5.41) is 0. The Labute approximate surface area is 113 Å². The van der Waals surface area contributed by atoms with E-state index in [4.69, 9.17) is 19.9 Å². The summed E-state index contributed by atoms with van der Waals surface area (Å²) >= 11 is 0. The van der Waals surface area contributed by atoms with E-state index in [0.717, 1.165) is 12.8 Å². The molecule has 0 aromatic heterocycles. The lowest BCUT2D eigenvalue weighted by Gasteiger charge is -2.08. The van der Waals surface area contributed by atoms with E-state index in [1.807, 2.05) is 12.1 Å². The zero-order valence-corrected chi connectivity index (χ0v) is 11.3. The fraction of sp³-hybridized carbons (Fsp3) is 0.500. The van der Waals surface area contributed by atoms with Gasteiger partial charge in [-0.2, -0.15) is 0 Å². The van der Waals surface area contributed by atoms with Crippen molar-refractivity contribution >= 4 is 11.7 Å². The molecule has 0 unspecified atom stereocenters. The van der Waals surface area contributed by atoms with Crippen molar-refractivity contribution in [3.8, 4) is 5.75 Å². The van der Waals surface area contributed by atoms with Crippen LogP contribution in [-0.2, 0) is 14.3 Å². The van der Waals surface area contributed by atoms with Crippen molar-refractivity contribution in [2.45, 2.75) is 19.3 Å². The molecule has 5 heteroatoms. The van der Waals surface area contributed by atoms with Crippen molar-refractivity contribution in [2.24, 2.45) is 0 Å². The number of nitrogens with two attached hydrogens (primary N) is 1. The molecule has 0 aliphatic rings. The Bertz CT molecular complexity index is 381. The third kappa shape index (κ3) is 6.67. The molecule has 2 N–H and O–H groups in total. The molecule has 0 saturated carbocycles. The number of carbonyl (C=O) groups excluding carboxylic acids is 1. The minimum atomic E-state index is -0.257. The Morgan fingerprint density at radius 1 is 1.16 bits per heavy atom. The highest BCUT2D eigenvalue weighted by atomic mass is 16.5. The van der Waals surface area contributed by atoms with Gasteiger partial charge in [-0.3, -0.25) is 4.79 Å². The van der Waals surface area contributed by atoms with Gasteiger partial charge in [-0.15, -0.1) is 0 Å². The Morgan fingerprint density at radius 2 is 1.89 bits per heavy atom. The van der Waals surface area contributed by atoms with E-state index >= 15 is 0 Å². The molecule has 0 aliphatic heterocycles. The molecule has 0 fully saturated rings. The molecule has 1 aromatic carbocycles. The first kappa shape index (κ1) is 15.3. The van der Waals surface area contributed by atoms with Crippen LogP contribution >= 0.6 is 0 Å². The lowest BCUT2D eigenvalue weighted by atomic mass is 10.3. The van der Waals surface area contributed by atoms with Crippen LogP contribution in [0.4, 0.5) is 5.69 Å². The van der Waals surface area contributed by atoms with Crippen LogP contribution in [0.3, 0.4) is 0 Å². The van der Waals surface area contributed by atoms with Crippen LogP contribution < -0.4 is 10.5 Å². The average Bonchev–Trinajstić information content (AvgIpc) is 2.41. The highest BCUT2D eigenvalue weighted by molar-refractivity contribution is 5.69. The van der Waals surface area contributed by atoms with Gasteiger partial charge in [0.2, 0.25) is 0 Å². The van der Waals surface area contributed by atoms with Crippen LogP contribution in [0.2, 0.25) is 0 Å². The lowest BCUT2D eigenvalue weighted by Crippen LogP contribution is -2.11. The molecule has 19 heavy (non-hydrogen) atoms. The van der Waals surface area contributed by atoms with Gasteiger partial charge in [-0.05, 0) is 25.0 Å². The summed E-state index contributed by atoms with van der Waals surface area (Å²) in [6.45, 7) is 1.38. The number of esters is 1. The number of rotatable bonds is 9. The number of benzene rings is 1. The zero-order chi connectivity index (χ0) is 13.9. The molecule has 0 saturated heterocycles. The second-order valence-electron chi connectivity index (χ2n) is 4.06. The van der Waals surface area contributed by atoms with Gasteiger partial charge in [0.1, 0.15) is 5.75 Å². The van der Waals surface area contributed by atoms with E-state index in [0.29, 0.717) is 24.7 Å². The minimum absolute atomic E-state index is 0.221. The fourth-order valence-electron chi connectivity index (χ4n) is 1.46. The number of para-hydroxylation sites is 2. The van der Waals surface area contributed by atoms with Gasteiger partial charge in [0.05, 0.1) is 25.3 Å². The van der Waals surface area contributed by atoms with Crippen LogP contribution in [0.25, 0.3) is 0 Å². The van der Waals surface area contributed by atoms with E-state index < -0.39 is 0 Å². The van der Waals surface area contributed by atoms with Gasteiger partial charge < -0.3 is 19.9 Å². The molecule has 0 heterocycles. The lowest BCUT2D eigenvalue weighted by molar-refractivity contribution is -0.144. The summed E-state index contributed by atoms with van der Waals surface area (Å²) in [6, 6.07) is 7.19. The van der Waals surface area contributed by atoms with Crippen LogP contribution in [0.15, 0.2) is 24.3 Å². The maximum atomic E-state index is 11.4. The second kappa shape index (κ2) is 9.22. The first-order valence-electron chi connectivity index (χ1n) is 6.36. The van der Waals surface area contributed by atoms with Gasteiger partial charge in [0, 0.05) is 13.7 Å². The smallest absolute Gasteiger partial charge is 0.309 e. The van der Waals surface area contributed by atoms with Crippen molar-refractivity contribution in [2.75, 3.05) is 32.7 Å². The molecule has 0 atom stereocenters. The van der Waals surface area contributed by atoms with Crippen LogP contribution in [0.5, 0.6) is 5.75 Å². The third-order valence-electron chi connectivity index (χ3n) is 2.49. The van der Waals surface area contributed by atoms with Crippen LogP contribution in [-0.4, -0.2) is 32.9 Å². The number of hydrogen-bond donors (Lipinski definition) is 1. The number of carbonyl (C=O) groups is 1. The first-order valence-corrected chi connectivity index (χ1v) is 6.36. The van der Waals surface area contributed by atoms with Gasteiger partial charge >= 0.3 is 5.97 Å². The van der Waals surface area contributed by atoms with Gasteiger partial charge in [0.25, 0.3) is 0 Å². The number of ether oxygens (including phenoxy) is 3. The second-order valence-corrected chi connectivity index (χ2v) is 4.06. The molecule has 0 bridgehead atoms. The number of unbranched alkanes of at least 4 members (excludes halogenated alkanes) is 1. The van der Waals surface area contributed by atoms with Crippen molar-refractivity contribution in [3.05, 3.63) is 24.3 Å². The van der Waals surface area contributed by atoms with E-state index in [9.17, 15) is 4.79 Å². The molecule has 0 amide bonds. The predicted octanol–water partition coefficient (Wildman–Crippen LogP) is 2.01. The van der Waals surface area contributed by atoms with E-state index in [-0.39, 0.29) is 19.0 Å². The molecule has 1 aromatic rings. The number of methoxy groups -OCH3 is 1. The summed E-state index contributed by atoms with van der Waals surface area (Å²) in [7, 11) is 1.65. The Hall–Kier alpha value is -1.75. The minimum Gasteiger partial charge on any atom is -0.491 e. The topological polar surface area (TPSA) is 70.8 Å². The summed E-state index contributed by atoms with van der Waals surface area (Å²) in [4.78, 5) is 11.4. The summed E-state index contributed by atoms with van der Waals surface area (Å²) in [5.74, 6) is 0.335. The van der Waals surface area contributed by atoms with Gasteiger partial charge in [-0.1, -0.05) is 12.1 Å². The Balaban J connectivity index is 2.09.